The fourth-order valence-corrected chi connectivity index (χ4v) is 4.00. The second kappa shape index (κ2) is 8.63. The number of carbonyl (C=O) groups is 1. The van der Waals surface area contributed by atoms with Crippen LogP contribution >= 0.6 is 0 Å². The highest BCUT2D eigenvalue weighted by molar-refractivity contribution is 6.10. The van der Waals surface area contributed by atoms with Gasteiger partial charge in [-0.05, 0) is 30.2 Å². The van der Waals surface area contributed by atoms with Gasteiger partial charge in [-0.1, -0.05) is 78.9 Å². The van der Waals surface area contributed by atoms with Crippen LogP contribution in [0.15, 0.2) is 102 Å². The maximum atomic E-state index is 13.7. The van der Waals surface area contributed by atoms with Crippen LogP contribution in [-0.2, 0) is 0 Å². The number of hydrogen-bond acceptors (Lipinski definition) is 4. The maximum absolute atomic E-state index is 13.7. The van der Waals surface area contributed by atoms with Gasteiger partial charge in [-0.15, -0.1) is 0 Å². The van der Waals surface area contributed by atoms with Crippen molar-refractivity contribution in [2.75, 3.05) is 0 Å². The smallest absolute Gasteiger partial charge is 0.256 e. The summed E-state index contributed by atoms with van der Waals surface area (Å²) in [5.41, 5.74) is 3.75. The Morgan fingerprint density at radius 1 is 0.939 bits per heavy atom. The molecule has 5 aromatic rings. The van der Waals surface area contributed by atoms with Crippen molar-refractivity contribution in [2.45, 2.75) is 13.0 Å². The van der Waals surface area contributed by atoms with Crippen molar-refractivity contribution in [1.29, 1.82) is 0 Å². The molecule has 0 saturated heterocycles. The van der Waals surface area contributed by atoms with Crippen LogP contribution in [-0.4, -0.2) is 16.0 Å². The normalized spacial score (nSPS) is 11.9. The predicted octanol–water partition coefficient (Wildman–Crippen LogP) is 6.03. The molecule has 33 heavy (non-hydrogen) atoms. The minimum absolute atomic E-state index is 0.153. The van der Waals surface area contributed by atoms with E-state index in [0.717, 1.165) is 16.7 Å². The summed E-state index contributed by atoms with van der Waals surface area (Å²) in [5, 5.41) is 14.9. The zero-order valence-corrected chi connectivity index (χ0v) is 18.0. The van der Waals surface area contributed by atoms with Gasteiger partial charge in [0.15, 0.2) is 5.75 Å². The molecule has 0 aliphatic carbocycles. The van der Waals surface area contributed by atoms with Crippen LogP contribution in [0.3, 0.4) is 0 Å². The molecule has 0 aliphatic rings. The fourth-order valence-electron chi connectivity index (χ4n) is 4.00. The maximum Gasteiger partial charge on any atom is 0.256 e. The van der Waals surface area contributed by atoms with Gasteiger partial charge in [0.25, 0.3) is 5.91 Å². The van der Waals surface area contributed by atoms with Crippen molar-refractivity contribution in [3.63, 3.8) is 0 Å². The summed E-state index contributed by atoms with van der Waals surface area (Å²) >= 11 is 0. The van der Waals surface area contributed by atoms with Crippen LogP contribution in [0.2, 0.25) is 0 Å². The molecule has 0 radical (unpaired) electrons. The highest BCUT2D eigenvalue weighted by Gasteiger charge is 2.26. The molecule has 0 bridgehead atoms. The van der Waals surface area contributed by atoms with Crippen LogP contribution in [0, 0.1) is 6.92 Å². The van der Waals surface area contributed by atoms with E-state index in [1.807, 2.05) is 91.9 Å². The molecule has 0 fully saturated rings. The summed E-state index contributed by atoms with van der Waals surface area (Å²) in [5.74, 6) is 0.0548. The third-order valence-corrected chi connectivity index (χ3v) is 5.58. The summed E-state index contributed by atoms with van der Waals surface area (Å²) in [4.78, 5) is 18.3. The highest BCUT2D eigenvalue weighted by atomic mass is 16.3. The van der Waals surface area contributed by atoms with Gasteiger partial charge in [0, 0.05) is 10.9 Å². The Balaban J connectivity index is 1.63. The van der Waals surface area contributed by atoms with E-state index in [1.165, 1.54) is 0 Å². The molecule has 1 atom stereocenters. The van der Waals surface area contributed by atoms with Gasteiger partial charge in [-0.25, -0.2) is 4.98 Å². The first kappa shape index (κ1) is 20.5. The Morgan fingerprint density at radius 3 is 2.30 bits per heavy atom. The van der Waals surface area contributed by atoms with Crippen LogP contribution in [0.1, 0.15) is 33.3 Å². The SMILES string of the molecule is Cc1coc(C(NC(=O)c2c(O)c(-c3ccccc3)nc3ccccc23)c2ccccc2)c1. The summed E-state index contributed by atoms with van der Waals surface area (Å²) in [6, 6.07) is 27.7. The molecule has 2 heterocycles. The lowest BCUT2D eigenvalue weighted by Crippen LogP contribution is -2.29. The number of nitrogens with zero attached hydrogens (tertiary/aromatic N) is 1. The van der Waals surface area contributed by atoms with Gasteiger partial charge in [0.05, 0.1) is 17.3 Å². The minimum Gasteiger partial charge on any atom is -0.505 e. The Labute approximate surface area is 191 Å². The Bertz CT molecular complexity index is 1430. The number of amides is 1. The number of pyridine rings is 1. The number of carbonyl (C=O) groups excluding carboxylic acids is 1. The van der Waals surface area contributed by atoms with E-state index in [2.05, 4.69) is 10.3 Å². The number of fused-ring (bicyclic) bond motifs is 1. The monoisotopic (exact) mass is 434 g/mol. The molecule has 2 aromatic heterocycles. The molecule has 1 unspecified atom stereocenters. The van der Waals surface area contributed by atoms with E-state index in [0.29, 0.717) is 22.4 Å². The van der Waals surface area contributed by atoms with E-state index < -0.39 is 11.9 Å². The lowest BCUT2D eigenvalue weighted by molar-refractivity contribution is 0.0938. The summed E-state index contributed by atoms with van der Waals surface area (Å²) in [6.07, 6.45) is 1.66. The first-order valence-electron chi connectivity index (χ1n) is 10.7. The Morgan fingerprint density at radius 2 is 1.61 bits per heavy atom. The number of aryl methyl sites for hydroxylation is 1. The molecule has 162 valence electrons. The molecule has 0 saturated carbocycles. The number of aromatic hydroxyl groups is 1. The number of benzene rings is 3. The lowest BCUT2D eigenvalue weighted by Gasteiger charge is -2.19. The second-order valence-corrected chi connectivity index (χ2v) is 7.91. The third kappa shape index (κ3) is 3.96. The largest absolute Gasteiger partial charge is 0.505 e. The van der Waals surface area contributed by atoms with Crippen molar-refractivity contribution >= 4 is 16.8 Å². The molecule has 5 nitrogen and oxygen atoms in total. The molecule has 1 amide bonds. The number of rotatable bonds is 5. The van der Waals surface area contributed by atoms with E-state index in [4.69, 9.17) is 4.42 Å². The van der Waals surface area contributed by atoms with Gasteiger partial charge in [-0.2, -0.15) is 0 Å². The van der Waals surface area contributed by atoms with E-state index in [1.54, 1.807) is 12.3 Å². The van der Waals surface area contributed by atoms with Gasteiger partial charge < -0.3 is 14.8 Å². The van der Waals surface area contributed by atoms with Gasteiger partial charge >= 0.3 is 0 Å². The minimum atomic E-state index is -0.515. The fraction of sp³-hybridized carbons (Fsp3) is 0.0714. The van der Waals surface area contributed by atoms with E-state index in [9.17, 15) is 9.90 Å². The number of hydrogen-bond donors (Lipinski definition) is 2. The number of para-hydroxylation sites is 1. The zero-order chi connectivity index (χ0) is 22.8. The molecule has 2 N–H and O–H groups in total. The van der Waals surface area contributed by atoms with Crippen LogP contribution in [0.25, 0.3) is 22.2 Å². The standard InChI is InChI=1S/C28H22N2O3/c1-18-16-23(33-17-18)25(19-10-4-2-5-11-19)30-28(32)24-21-14-8-9-15-22(21)29-26(27(24)31)20-12-6-3-7-13-20/h2-17,25,31H,1H3,(H,30,32). The molecule has 0 aliphatic heterocycles. The Hall–Kier alpha value is -4.38. The van der Waals surface area contributed by atoms with Gasteiger partial charge in [0.1, 0.15) is 17.5 Å². The first-order chi connectivity index (χ1) is 16.1. The average molecular weight is 434 g/mol. The first-order valence-corrected chi connectivity index (χ1v) is 10.7. The van der Waals surface area contributed by atoms with Gasteiger partial charge in [-0.3, -0.25) is 4.79 Å². The highest BCUT2D eigenvalue weighted by Crippen LogP contribution is 2.36. The second-order valence-electron chi connectivity index (χ2n) is 7.91. The molecular formula is C28H22N2O3. The lowest BCUT2D eigenvalue weighted by atomic mass is 10.00. The topological polar surface area (TPSA) is 75.4 Å². The van der Waals surface area contributed by atoms with E-state index in [-0.39, 0.29) is 11.3 Å². The quantitative estimate of drug-likeness (QED) is 0.354. The van der Waals surface area contributed by atoms with Crippen molar-refractivity contribution in [1.82, 2.24) is 10.3 Å². The predicted molar refractivity (Wildman–Crippen MR) is 128 cm³/mol. The molecule has 3 aromatic carbocycles. The number of aromatic nitrogens is 1. The Kier molecular flexibility index (Phi) is 5.37. The van der Waals surface area contributed by atoms with E-state index >= 15 is 0 Å². The van der Waals surface area contributed by atoms with Gasteiger partial charge in [0.2, 0.25) is 0 Å². The number of nitrogens with one attached hydrogen (secondary N) is 1. The zero-order valence-electron chi connectivity index (χ0n) is 18.0. The van der Waals surface area contributed by atoms with Crippen LogP contribution < -0.4 is 5.32 Å². The summed E-state index contributed by atoms with van der Waals surface area (Å²) in [7, 11) is 0. The molecule has 5 heteroatoms. The summed E-state index contributed by atoms with van der Waals surface area (Å²) < 4.78 is 5.74. The average Bonchev–Trinajstić information content (AvgIpc) is 3.29. The van der Waals surface area contributed by atoms with Crippen molar-refractivity contribution < 1.29 is 14.3 Å². The van der Waals surface area contributed by atoms with Crippen LogP contribution in [0.4, 0.5) is 0 Å². The van der Waals surface area contributed by atoms with Crippen LogP contribution in [0.5, 0.6) is 5.75 Å². The summed E-state index contributed by atoms with van der Waals surface area (Å²) in [6.45, 7) is 1.94. The molecule has 5 rings (SSSR count). The third-order valence-electron chi connectivity index (χ3n) is 5.58. The number of furan rings is 1. The van der Waals surface area contributed by atoms with Crippen molar-refractivity contribution in [3.8, 4) is 17.0 Å². The van der Waals surface area contributed by atoms with Crippen molar-refractivity contribution in [3.05, 3.63) is 120 Å². The molecule has 0 spiro atoms. The van der Waals surface area contributed by atoms with Crippen molar-refractivity contribution in [2.24, 2.45) is 0 Å². The molecular weight excluding hydrogens is 412 g/mol.